The van der Waals surface area contributed by atoms with Crippen LogP contribution in [0.15, 0.2) is 24.5 Å². The van der Waals surface area contributed by atoms with Gasteiger partial charge >= 0.3 is 6.03 Å². The predicted octanol–water partition coefficient (Wildman–Crippen LogP) is 5.89. The van der Waals surface area contributed by atoms with E-state index < -0.39 is 17.5 Å². The molecule has 2 amide bonds. The van der Waals surface area contributed by atoms with Gasteiger partial charge in [-0.3, -0.25) is 3.97 Å². The molecule has 3 aromatic rings. The second-order valence-corrected chi connectivity index (χ2v) is 10.7. The van der Waals surface area contributed by atoms with Gasteiger partial charge in [0.2, 0.25) is 0 Å². The number of likely N-dealkylation sites (tertiary alicyclic amines) is 1. The zero-order valence-electron chi connectivity index (χ0n) is 18.7. The molecule has 1 saturated heterocycles. The highest BCUT2D eigenvalue weighted by molar-refractivity contribution is 14.2. The topological polar surface area (TPSA) is 75.1 Å². The SMILES string of the molecule is O=C(NC1CCCC(Nc2nc(-c3cn(SI)c4ncc(F)cc34)c(F)cc2F)C1)N1CCCC1. The van der Waals surface area contributed by atoms with E-state index in [1.807, 2.05) is 26.1 Å². The van der Waals surface area contributed by atoms with Crippen molar-refractivity contribution in [2.75, 3.05) is 18.4 Å². The number of nitrogens with zero attached hydrogens (tertiary/aromatic N) is 4. The Hall–Kier alpha value is -2.22. The Bertz CT molecular complexity index is 1250. The van der Waals surface area contributed by atoms with E-state index in [0.29, 0.717) is 23.0 Å². The first-order chi connectivity index (χ1) is 16.9. The molecule has 2 fully saturated rings. The Kier molecular flexibility index (Phi) is 7.28. The number of nitrogens with one attached hydrogen (secondary N) is 2. The van der Waals surface area contributed by atoms with E-state index in [9.17, 15) is 18.0 Å². The molecule has 2 aliphatic rings. The van der Waals surface area contributed by atoms with E-state index in [2.05, 4.69) is 20.6 Å². The summed E-state index contributed by atoms with van der Waals surface area (Å²) < 4.78 is 45.2. The highest BCUT2D eigenvalue weighted by atomic mass is 127. The fraction of sp³-hybridized carbons (Fsp3) is 0.435. The minimum absolute atomic E-state index is 0.0231. The first-order valence-corrected chi connectivity index (χ1v) is 14.9. The zero-order chi connectivity index (χ0) is 24.5. The van der Waals surface area contributed by atoms with Crippen molar-refractivity contribution in [2.45, 2.75) is 50.6 Å². The molecule has 0 bridgehead atoms. The smallest absolute Gasteiger partial charge is 0.317 e. The molecule has 1 aliphatic heterocycles. The molecule has 2 N–H and O–H groups in total. The quantitative estimate of drug-likeness (QED) is 0.350. The van der Waals surface area contributed by atoms with Crippen LogP contribution in [0.4, 0.5) is 23.8 Å². The summed E-state index contributed by atoms with van der Waals surface area (Å²) in [6, 6.07) is 1.87. The number of hydrogen-bond acceptors (Lipinski definition) is 5. The summed E-state index contributed by atoms with van der Waals surface area (Å²) >= 11 is 2.05. The lowest BCUT2D eigenvalue weighted by atomic mass is 9.91. The van der Waals surface area contributed by atoms with E-state index in [4.69, 9.17) is 0 Å². The van der Waals surface area contributed by atoms with Gasteiger partial charge < -0.3 is 15.5 Å². The van der Waals surface area contributed by atoms with Gasteiger partial charge in [0.25, 0.3) is 0 Å². The number of amides is 2. The highest BCUT2D eigenvalue weighted by Crippen LogP contribution is 2.36. The molecule has 0 aromatic carbocycles. The standard InChI is InChI=1S/C23H24F3IN6OS/c24-13-8-16-17(12-33(35-27)22(16)28-11-13)20-18(25)10-19(26)21(31-20)29-14-4-3-5-15(9-14)30-23(34)32-6-1-2-7-32/h8,10-12,14-15H,1-7,9H2,(H,29,31)(H,30,34). The first-order valence-electron chi connectivity index (χ1n) is 11.6. The largest absolute Gasteiger partial charge is 0.365 e. The van der Waals surface area contributed by atoms with Crippen LogP contribution in [0.3, 0.4) is 0 Å². The van der Waals surface area contributed by atoms with Crippen LogP contribution in [0.5, 0.6) is 0 Å². The Labute approximate surface area is 217 Å². The van der Waals surface area contributed by atoms with Gasteiger partial charge in [0.15, 0.2) is 23.1 Å². The molecule has 0 spiro atoms. The molecule has 4 heterocycles. The Morgan fingerprint density at radius 1 is 1.09 bits per heavy atom. The van der Waals surface area contributed by atoms with Gasteiger partial charge in [-0.1, -0.05) is 0 Å². The second-order valence-electron chi connectivity index (χ2n) is 8.96. The lowest BCUT2D eigenvalue weighted by Crippen LogP contribution is -2.47. The number of carbonyl (C=O) groups is 1. The van der Waals surface area contributed by atoms with Crippen molar-refractivity contribution in [1.29, 1.82) is 0 Å². The van der Waals surface area contributed by atoms with Crippen molar-refractivity contribution in [3.63, 3.8) is 0 Å². The van der Waals surface area contributed by atoms with Gasteiger partial charge in [-0.25, -0.2) is 27.9 Å². The molecule has 7 nitrogen and oxygen atoms in total. The van der Waals surface area contributed by atoms with Gasteiger partial charge in [-0.15, -0.1) is 0 Å². The van der Waals surface area contributed by atoms with Crippen molar-refractivity contribution < 1.29 is 18.0 Å². The fourth-order valence-corrected chi connectivity index (χ4v) is 6.14. The average Bonchev–Trinajstić information content (AvgIpc) is 3.49. The van der Waals surface area contributed by atoms with Gasteiger partial charge in [0, 0.05) is 78.7 Å². The maximum atomic E-state index is 14.9. The Morgan fingerprint density at radius 3 is 2.63 bits per heavy atom. The van der Waals surface area contributed by atoms with Gasteiger partial charge in [0.1, 0.15) is 11.5 Å². The minimum Gasteiger partial charge on any atom is -0.365 e. The fourth-order valence-electron chi connectivity index (χ4n) is 4.88. The molecular formula is C23H24F3IN6OS. The minimum atomic E-state index is -0.839. The van der Waals surface area contributed by atoms with E-state index in [-0.39, 0.29) is 29.6 Å². The molecule has 5 rings (SSSR count). The number of urea groups is 1. The first kappa shape index (κ1) is 24.5. The van der Waals surface area contributed by atoms with Crippen molar-refractivity contribution >= 4 is 53.2 Å². The van der Waals surface area contributed by atoms with Crippen LogP contribution >= 0.6 is 30.3 Å². The summed E-state index contributed by atoms with van der Waals surface area (Å²) in [5.41, 5.74) is 0.714. The third-order valence-electron chi connectivity index (χ3n) is 6.57. The monoisotopic (exact) mass is 616 g/mol. The lowest BCUT2D eigenvalue weighted by molar-refractivity contribution is 0.199. The number of halogens is 4. The van der Waals surface area contributed by atoms with Gasteiger partial charge in [0.05, 0.1) is 6.20 Å². The van der Waals surface area contributed by atoms with Crippen LogP contribution in [0.25, 0.3) is 22.3 Å². The van der Waals surface area contributed by atoms with Crippen molar-refractivity contribution in [3.05, 3.63) is 42.0 Å². The normalized spacial score (nSPS) is 20.4. The molecule has 35 heavy (non-hydrogen) atoms. The van der Waals surface area contributed by atoms with Crippen molar-refractivity contribution in [1.82, 2.24) is 24.2 Å². The molecule has 186 valence electrons. The van der Waals surface area contributed by atoms with Crippen LogP contribution in [-0.4, -0.2) is 50.0 Å². The van der Waals surface area contributed by atoms with E-state index >= 15 is 0 Å². The summed E-state index contributed by atoms with van der Waals surface area (Å²) in [5.74, 6) is -2.26. The Morgan fingerprint density at radius 2 is 1.86 bits per heavy atom. The van der Waals surface area contributed by atoms with Crippen LogP contribution in [0, 0.1) is 17.5 Å². The number of hydrogen-bond donors (Lipinski definition) is 2. The third kappa shape index (κ3) is 5.18. The van der Waals surface area contributed by atoms with Crippen molar-refractivity contribution in [2.24, 2.45) is 0 Å². The number of aromatic nitrogens is 3. The summed E-state index contributed by atoms with van der Waals surface area (Å²) in [6.45, 7) is 1.55. The zero-order valence-corrected chi connectivity index (χ0v) is 21.7. The van der Waals surface area contributed by atoms with Gasteiger partial charge in [-0.2, -0.15) is 0 Å². The Balaban J connectivity index is 1.38. The van der Waals surface area contributed by atoms with E-state index in [0.717, 1.165) is 57.5 Å². The maximum Gasteiger partial charge on any atom is 0.317 e. The molecule has 0 radical (unpaired) electrons. The lowest BCUT2D eigenvalue weighted by Gasteiger charge is -2.32. The molecular weight excluding hydrogens is 592 g/mol. The summed E-state index contributed by atoms with van der Waals surface area (Å²) in [4.78, 5) is 22.7. The maximum absolute atomic E-state index is 14.9. The molecule has 2 atom stereocenters. The molecule has 1 saturated carbocycles. The van der Waals surface area contributed by atoms with Crippen molar-refractivity contribution in [3.8, 4) is 11.3 Å². The summed E-state index contributed by atoms with van der Waals surface area (Å²) in [7, 11) is 1.30. The third-order valence-corrected chi connectivity index (χ3v) is 8.27. The molecule has 2 unspecified atom stereocenters. The number of fused-ring (bicyclic) bond motifs is 1. The summed E-state index contributed by atoms with van der Waals surface area (Å²) in [5, 5.41) is 6.60. The number of carbonyl (C=O) groups excluding carboxylic acids is 1. The number of rotatable bonds is 5. The highest BCUT2D eigenvalue weighted by Gasteiger charge is 2.27. The van der Waals surface area contributed by atoms with Crippen LogP contribution in [-0.2, 0) is 0 Å². The van der Waals surface area contributed by atoms with E-state index in [1.165, 1.54) is 15.2 Å². The van der Waals surface area contributed by atoms with Crippen LogP contribution < -0.4 is 10.6 Å². The average molecular weight is 616 g/mol. The molecule has 1 aliphatic carbocycles. The van der Waals surface area contributed by atoms with Crippen LogP contribution in [0.2, 0.25) is 0 Å². The van der Waals surface area contributed by atoms with Crippen LogP contribution in [0.1, 0.15) is 38.5 Å². The van der Waals surface area contributed by atoms with E-state index in [1.54, 1.807) is 10.2 Å². The summed E-state index contributed by atoms with van der Waals surface area (Å²) in [6.07, 6.45) is 7.88. The van der Waals surface area contributed by atoms with Gasteiger partial charge in [-0.05, 0) is 44.6 Å². The predicted molar refractivity (Wildman–Crippen MR) is 139 cm³/mol. The molecule has 3 aromatic heterocycles. The molecule has 12 heteroatoms. The second kappa shape index (κ2) is 10.4. The number of anilines is 1. The number of pyridine rings is 2.